The standard InChI is InChI=1S/C11H14Cl2N2O/c12-7-5-8(13)11(14-6-7)15-9-3-1-2-4-10(9)16/h5-6,9-10,16H,1-4H2,(H,14,15). The lowest BCUT2D eigenvalue weighted by Gasteiger charge is -2.29. The first kappa shape index (κ1) is 12.0. The van der Waals surface area contributed by atoms with Gasteiger partial charge in [0.05, 0.1) is 22.2 Å². The van der Waals surface area contributed by atoms with E-state index in [-0.39, 0.29) is 12.1 Å². The molecule has 2 atom stereocenters. The summed E-state index contributed by atoms with van der Waals surface area (Å²) in [6, 6.07) is 1.69. The largest absolute Gasteiger partial charge is 0.391 e. The van der Waals surface area contributed by atoms with Crippen molar-refractivity contribution in [1.82, 2.24) is 4.98 Å². The maximum Gasteiger partial charge on any atom is 0.145 e. The Balaban J connectivity index is 2.07. The molecule has 1 fully saturated rings. The predicted octanol–water partition coefficient (Wildman–Crippen LogP) is 3.10. The van der Waals surface area contributed by atoms with Crippen molar-refractivity contribution in [2.45, 2.75) is 37.8 Å². The smallest absolute Gasteiger partial charge is 0.145 e. The zero-order valence-corrected chi connectivity index (χ0v) is 10.3. The molecule has 5 heteroatoms. The molecule has 2 N–H and O–H groups in total. The van der Waals surface area contributed by atoms with Gasteiger partial charge in [-0.3, -0.25) is 0 Å². The molecule has 1 aromatic rings. The summed E-state index contributed by atoms with van der Waals surface area (Å²) in [5, 5.41) is 14.0. The molecule has 0 aromatic carbocycles. The van der Waals surface area contributed by atoms with E-state index in [9.17, 15) is 5.11 Å². The van der Waals surface area contributed by atoms with Crippen LogP contribution in [0, 0.1) is 0 Å². The Bertz CT molecular complexity index is 373. The molecular weight excluding hydrogens is 247 g/mol. The minimum absolute atomic E-state index is 0.0416. The maximum absolute atomic E-state index is 9.82. The molecule has 2 unspecified atom stereocenters. The number of halogens is 2. The molecule has 0 amide bonds. The molecule has 1 heterocycles. The van der Waals surface area contributed by atoms with Gasteiger partial charge >= 0.3 is 0 Å². The fourth-order valence-corrected chi connectivity index (χ4v) is 2.41. The molecule has 1 aliphatic rings. The van der Waals surface area contributed by atoms with E-state index in [1.807, 2.05) is 0 Å². The summed E-state index contributed by atoms with van der Waals surface area (Å²) in [4.78, 5) is 4.12. The van der Waals surface area contributed by atoms with Crippen molar-refractivity contribution in [2.75, 3.05) is 5.32 Å². The quantitative estimate of drug-likeness (QED) is 0.859. The average molecular weight is 261 g/mol. The van der Waals surface area contributed by atoms with E-state index in [1.165, 1.54) is 0 Å². The third kappa shape index (κ3) is 2.78. The molecule has 0 saturated heterocycles. The third-order valence-electron chi connectivity index (χ3n) is 2.86. The van der Waals surface area contributed by atoms with E-state index in [4.69, 9.17) is 23.2 Å². The van der Waals surface area contributed by atoms with Crippen LogP contribution in [0.2, 0.25) is 10.0 Å². The topological polar surface area (TPSA) is 45.1 Å². The minimum atomic E-state index is -0.317. The van der Waals surface area contributed by atoms with Crippen LogP contribution in [0.1, 0.15) is 25.7 Å². The number of hydrogen-bond donors (Lipinski definition) is 2. The summed E-state index contributed by atoms with van der Waals surface area (Å²) in [7, 11) is 0. The SMILES string of the molecule is OC1CCCCC1Nc1ncc(Cl)cc1Cl. The monoisotopic (exact) mass is 260 g/mol. The number of aliphatic hydroxyl groups excluding tert-OH is 1. The second-order valence-electron chi connectivity index (χ2n) is 4.09. The van der Waals surface area contributed by atoms with Crippen molar-refractivity contribution in [3.05, 3.63) is 22.3 Å². The Kier molecular flexibility index (Phi) is 3.90. The molecule has 3 nitrogen and oxygen atoms in total. The minimum Gasteiger partial charge on any atom is -0.391 e. The lowest BCUT2D eigenvalue weighted by Crippen LogP contribution is -2.36. The van der Waals surface area contributed by atoms with Gasteiger partial charge in [0.25, 0.3) is 0 Å². The highest BCUT2D eigenvalue weighted by Crippen LogP contribution is 2.26. The Morgan fingerprint density at radius 2 is 2.06 bits per heavy atom. The molecule has 0 aliphatic heterocycles. The fraction of sp³-hybridized carbons (Fsp3) is 0.545. The van der Waals surface area contributed by atoms with Gasteiger partial charge in [0.2, 0.25) is 0 Å². The number of aliphatic hydroxyl groups is 1. The Labute approximate surface area is 105 Å². The van der Waals surface area contributed by atoms with Crippen molar-refractivity contribution in [1.29, 1.82) is 0 Å². The highest BCUT2D eigenvalue weighted by Gasteiger charge is 2.23. The number of hydrogen-bond acceptors (Lipinski definition) is 3. The third-order valence-corrected chi connectivity index (χ3v) is 3.35. The first-order valence-corrected chi connectivity index (χ1v) is 6.18. The van der Waals surface area contributed by atoms with Crippen LogP contribution in [-0.4, -0.2) is 22.2 Å². The lowest BCUT2D eigenvalue weighted by atomic mass is 9.92. The fourth-order valence-electron chi connectivity index (χ4n) is 1.98. The van der Waals surface area contributed by atoms with Gasteiger partial charge in [-0.15, -0.1) is 0 Å². The van der Waals surface area contributed by atoms with Crippen LogP contribution in [0.3, 0.4) is 0 Å². The van der Waals surface area contributed by atoms with Crippen molar-refractivity contribution in [3.63, 3.8) is 0 Å². The van der Waals surface area contributed by atoms with Gasteiger partial charge in [0.15, 0.2) is 0 Å². The van der Waals surface area contributed by atoms with Crippen LogP contribution in [0.5, 0.6) is 0 Å². The zero-order chi connectivity index (χ0) is 11.5. The summed E-state index contributed by atoms with van der Waals surface area (Å²) >= 11 is 11.8. The maximum atomic E-state index is 9.82. The molecule has 88 valence electrons. The second kappa shape index (κ2) is 5.21. The van der Waals surface area contributed by atoms with Gasteiger partial charge in [0, 0.05) is 6.20 Å². The van der Waals surface area contributed by atoms with Gasteiger partial charge in [-0.25, -0.2) is 4.98 Å². The van der Waals surface area contributed by atoms with Gasteiger partial charge in [0.1, 0.15) is 5.82 Å². The van der Waals surface area contributed by atoms with Crippen LogP contribution >= 0.6 is 23.2 Å². The predicted molar refractivity (Wildman–Crippen MR) is 66.1 cm³/mol. The normalized spacial score (nSPS) is 25.4. The highest BCUT2D eigenvalue weighted by atomic mass is 35.5. The van der Waals surface area contributed by atoms with E-state index < -0.39 is 0 Å². The van der Waals surface area contributed by atoms with Gasteiger partial charge in [-0.05, 0) is 18.9 Å². The molecule has 1 saturated carbocycles. The molecule has 0 bridgehead atoms. The van der Waals surface area contributed by atoms with E-state index in [1.54, 1.807) is 12.3 Å². The lowest BCUT2D eigenvalue weighted by molar-refractivity contribution is 0.116. The van der Waals surface area contributed by atoms with Gasteiger partial charge < -0.3 is 10.4 Å². The van der Waals surface area contributed by atoms with Gasteiger partial charge in [-0.2, -0.15) is 0 Å². The van der Waals surface area contributed by atoms with Crippen LogP contribution in [0.4, 0.5) is 5.82 Å². The second-order valence-corrected chi connectivity index (χ2v) is 4.93. The van der Waals surface area contributed by atoms with E-state index in [2.05, 4.69) is 10.3 Å². The van der Waals surface area contributed by atoms with Crippen molar-refractivity contribution in [2.24, 2.45) is 0 Å². The van der Waals surface area contributed by atoms with Crippen LogP contribution in [0.25, 0.3) is 0 Å². The number of nitrogens with one attached hydrogen (secondary N) is 1. The number of pyridine rings is 1. The Morgan fingerprint density at radius 1 is 1.31 bits per heavy atom. The number of rotatable bonds is 2. The molecule has 2 rings (SSSR count). The molecule has 1 aliphatic carbocycles. The summed E-state index contributed by atoms with van der Waals surface area (Å²) < 4.78 is 0. The van der Waals surface area contributed by atoms with Gasteiger partial charge in [-0.1, -0.05) is 36.0 Å². The van der Waals surface area contributed by atoms with E-state index >= 15 is 0 Å². The molecule has 16 heavy (non-hydrogen) atoms. The first-order chi connectivity index (χ1) is 7.66. The van der Waals surface area contributed by atoms with E-state index in [0.717, 1.165) is 25.7 Å². The van der Waals surface area contributed by atoms with Crippen molar-refractivity contribution in [3.8, 4) is 0 Å². The number of aromatic nitrogens is 1. The number of anilines is 1. The summed E-state index contributed by atoms with van der Waals surface area (Å²) in [5.74, 6) is 0.594. The average Bonchev–Trinajstić information content (AvgIpc) is 2.25. The molecule has 0 spiro atoms. The van der Waals surface area contributed by atoms with Crippen molar-refractivity contribution < 1.29 is 5.11 Å². The van der Waals surface area contributed by atoms with Crippen molar-refractivity contribution >= 4 is 29.0 Å². The summed E-state index contributed by atoms with van der Waals surface area (Å²) in [6.07, 6.45) is 5.22. The van der Waals surface area contributed by atoms with Crippen LogP contribution in [-0.2, 0) is 0 Å². The molecular formula is C11H14Cl2N2O. The van der Waals surface area contributed by atoms with Crippen LogP contribution in [0.15, 0.2) is 12.3 Å². The summed E-state index contributed by atoms with van der Waals surface area (Å²) in [5.41, 5.74) is 0. The zero-order valence-electron chi connectivity index (χ0n) is 8.79. The van der Waals surface area contributed by atoms with Crippen LogP contribution < -0.4 is 5.32 Å². The number of nitrogens with zero attached hydrogens (tertiary/aromatic N) is 1. The molecule has 0 radical (unpaired) electrons. The Morgan fingerprint density at radius 3 is 2.75 bits per heavy atom. The molecule has 1 aromatic heterocycles. The highest BCUT2D eigenvalue weighted by molar-refractivity contribution is 6.35. The Hall–Kier alpha value is -0.510. The van der Waals surface area contributed by atoms with E-state index in [0.29, 0.717) is 15.9 Å². The first-order valence-electron chi connectivity index (χ1n) is 5.42. The summed E-state index contributed by atoms with van der Waals surface area (Å²) in [6.45, 7) is 0.